The van der Waals surface area contributed by atoms with Gasteiger partial charge in [0, 0.05) is 25.2 Å². The molecule has 0 aliphatic carbocycles. The van der Waals surface area contributed by atoms with Crippen molar-refractivity contribution in [1.29, 1.82) is 0 Å². The highest BCUT2D eigenvalue weighted by Gasteiger charge is 2.23. The molecule has 1 aliphatic heterocycles. The smallest absolute Gasteiger partial charge is 0.251 e. The van der Waals surface area contributed by atoms with E-state index in [0.29, 0.717) is 30.3 Å². The highest BCUT2D eigenvalue weighted by Crippen LogP contribution is 2.25. The van der Waals surface area contributed by atoms with Crippen LogP contribution in [0, 0.1) is 13.8 Å². The lowest BCUT2D eigenvalue weighted by Gasteiger charge is -2.35. The molecule has 1 amide bonds. The van der Waals surface area contributed by atoms with Crippen LogP contribution in [0.1, 0.15) is 33.4 Å². The molecule has 3 aromatic rings. The molecule has 2 heterocycles. The Balaban J connectivity index is 1.46. The molecule has 1 N–H and O–H groups in total. The van der Waals surface area contributed by atoms with Gasteiger partial charge in [0.25, 0.3) is 5.91 Å². The zero-order valence-corrected chi connectivity index (χ0v) is 19.9. The van der Waals surface area contributed by atoms with E-state index < -0.39 is 0 Å². The number of nitrogens with zero attached hydrogens (tertiary/aromatic N) is 3. The summed E-state index contributed by atoms with van der Waals surface area (Å²) in [4.78, 5) is 15.3. The molecule has 174 valence electrons. The number of rotatable bonds is 7. The number of halogens is 1. The molecule has 0 unspecified atom stereocenters. The van der Waals surface area contributed by atoms with Gasteiger partial charge in [-0.25, -0.2) is 4.68 Å². The lowest BCUT2D eigenvalue weighted by Crippen LogP contribution is -2.43. The van der Waals surface area contributed by atoms with Crippen LogP contribution < -0.4 is 10.1 Å². The van der Waals surface area contributed by atoms with Crippen LogP contribution in [-0.2, 0) is 4.74 Å². The highest BCUT2D eigenvalue weighted by atomic mass is 35.5. The third kappa shape index (κ3) is 5.21. The third-order valence-corrected chi connectivity index (χ3v) is 6.57. The van der Waals surface area contributed by atoms with Crippen LogP contribution in [0.2, 0.25) is 5.02 Å². The molecule has 1 aromatic heterocycles. The van der Waals surface area contributed by atoms with Crippen LogP contribution >= 0.6 is 11.6 Å². The Morgan fingerprint density at radius 2 is 1.79 bits per heavy atom. The van der Waals surface area contributed by atoms with Crippen LogP contribution in [0.3, 0.4) is 0 Å². The van der Waals surface area contributed by atoms with E-state index in [1.54, 1.807) is 11.8 Å². The standard InChI is InChI=1S/C25H29ClN4O3/c1-17-24(26)18(2)30(28-17)21-8-4-20(5-9-21)25(31)27-16-23(29-12-14-33-15-13-29)19-6-10-22(32-3)11-7-19/h4-11,23H,12-16H2,1-3H3,(H,27,31)/t23-/m1/s1. The Morgan fingerprint density at radius 1 is 1.12 bits per heavy atom. The number of aromatic nitrogens is 2. The Bertz CT molecular complexity index is 1090. The second kappa shape index (κ2) is 10.4. The van der Waals surface area contributed by atoms with Crippen molar-refractivity contribution in [3.8, 4) is 11.4 Å². The fourth-order valence-electron chi connectivity index (χ4n) is 4.09. The van der Waals surface area contributed by atoms with E-state index in [1.165, 1.54) is 0 Å². The van der Waals surface area contributed by atoms with Crippen molar-refractivity contribution in [3.63, 3.8) is 0 Å². The van der Waals surface area contributed by atoms with Gasteiger partial charge >= 0.3 is 0 Å². The zero-order valence-electron chi connectivity index (χ0n) is 19.2. The van der Waals surface area contributed by atoms with Crippen LogP contribution in [0.25, 0.3) is 5.69 Å². The second-order valence-electron chi connectivity index (χ2n) is 8.09. The van der Waals surface area contributed by atoms with Gasteiger partial charge in [0.15, 0.2) is 0 Å². The summed E-state index contributed by atoms with van der Waals surface area (Å²) < 4.78 is 12.6. The minimum atomic E-state index is -0.111. The van der Waals surface area contributed by atoms with Gasteiger partial charge < -0.3 is 14.8 Å². The Hall–Kier alpha value is -2.87. The Morgan fingerprint density at radius 3 is 2.36 bits per heavy atom. The lowest BCUT2D eigenvalue weighted by atomic mass is 10.0. The number of ether oxygens (including phenoxy) is 2. The number of benzene rings is 2. The number of aryl methyl sites for hydroxylation is 1. The summed E-state index contributed by atoms with van der Waals surface area (Å²) in [5, 5.41) is 8.24. The molecule has 33 heavy (non-hydrogen) atoms. The molecule has 2 aromatic carbocycles. The maximum Gasteiger partial charge on any atom is 0.251 e. The van der Waals surface area contributed by atoms with Gasteiger partial charge in [-0.05, 0) is 55.8 Å². The van der Waals surface area contributed by atoms with E-state index in [9.17, 15) is 4.79 Å². The highest BCUT2D eigenvalue weighted by molar-refractivity contribution is 6.31. The summed E-state index contributed by atoms with van der Waals surface area (Å²) in [7, 11) is 1.66. The van der Waals surface area contributed by atoms with Crippen LogP contribution in [-0.4, -0.2) is 60.5 Å². The molecule has 8 heteroatoms. The largest absolute Gasteiger partial charge is 0.497 e. The van der Waals surface area contributed by atoms with Crippen molar-refractivity contribution in [2.45, 2.75) is 19.9 Å². The monoisotopic (exact) mass is 468 g/mol. The van der Waals surface area contributed by atoms with Gasteiger partial charge in [0.1, 0.15) is 5.75 Å². The van der Waals surface area contributed by atoms with Crippen LogP contribution in [0.4, 0.5) is 0 Å². The zero-order chi connectivity index (χ0) is 23.4. The Labute approximate surface area is 199 Å². The molecule has 4 rings (SSSR count). The first-order chi connectivity index (χ1) is 16.0. The number of methoxy groups -OCH3 is 1. The lowest BCUT2D eigenvalue weighted by molar-refractivity contribution is 0.0162. The van der Waals surface area contributed by atoms with Gasteiger partial charge in [0.2, 0.25) is 0 Å². The van der Waals surface area contributed by atoms with E-state index in [2.05, 4.69) is 27.4 Å². The van der Waals surface area contributed by atoms with E-state index in [-0.39, 0.29) is 11.9 Å². The normalized spacial score (nSPS) is 15.3. The van der Waals surface area contributed by atoms with Crippen molar-refractivity contribution in [3.05, 3.63) is 76.1 Å². The summed E-state index contributed by atoms with van der Waals surface area (Å²) in [6.45, 7) is 7.34. The topological polar surface area (TPSA) is 68.6 Å². The molecule has 1 saturated heterocycles. The fraction of sp³-hybridized carbons (Fsp3) is 0.360. The minimum Gasteiger partial charge on any atom is -0.497 e. The van der Waals surface area contributed by atoms with Crippen LogP contribution in [0.15, 0.2) is 48.5 Å². The molecule has 0 bridgehead atoms. The first-order valence-corrected chi connectivity index (χ1v) is 11.4. The van der Waals surface area contributed by atoms with Gasteiger partial charge in [-0.2, -0.15) is 5.10 Å². The van der Waals surface area contributed by atoms with Gasteiger partial charge in [-0.15, -0.1) is 0 Å². The van der Waals surface area contributed by atoms with Gasteiger partial charge in [0.05, 0.1) is 48.5 Å². The van der Waals surface area contributed by atoms with Crippen molar-refractivity contribution in [2.75, 3.05) is 40.0 Å². The molecular weight excluding hydrogens is 440 g/mol. The van der Waals surface area contributed by atoms with Crippen molar-refractivity contribution >= 4 is 17.5 Å². The molecule has 1 atom stereocenters. The van der Waals surface area contributed by atoms with E-state index in [0.717, 1.165) is 41.5 Å². The van der Waals surface area contributed by atoms with Crippen molar-refractivity contribution in [2.24, 2.45) is 0 Å². The first-order valence-electron chi connectivity index (χ1n) is 11.0. The number of hydrogen-bond acceptors (Lipinski definition) is 5. The van der Waals surface area contributed by atoms with Gasteiger partial charge in [-0.1, -0.05) is 23.7 Å². The molecule has 0 spiro atoms. The SMILES string of the molecule is COc1ccc([C@@H](CNC(=O)c2ccc(-n3nc(C)c(Cl)c3C)cc2)N2CCOCC2)cc1. The number of hydrogen-bond donors (Lipinski definition) is 1. The molecule has 1 fully saturated rings. The summed E-state index contributed by atoms with van der Waals surface area (Å²) in [6, 6.07) is 15.5. The second-order valence-corrected chi connectivity index (χ2v) is 8.47. The summed E-state index contributed by atoms with van der Waals surface area (Å²) in [5.74, 6) is 0.701. The fourth-order valence-corrected chi connectivity index (χ4v) is 4.21. The predicted molar refractivity (Wildman–Crippen MR) is 129 cm³/mol. The average molecular weight is 469 g/mol. The third-order valence-electron chi connectivity index (χ3n) is 6.02. The number of carbonyl (C=O) groups excluding carboxylic acids is 1. The van der Waals surface area contributed by atoms with Crippen molar-refractivity contribution in [1.82, 2.24) is 20.0 Å². The van der Waals surface area contributed by atoms with E-state index >= 15 is 0 Å². The molecule has 0 saturated carbocycles. The number of amides is 1. The van der Waals surface area contributed by atoms with E-state index in [4.69, 9.17) is 21.1 Å². The number of morpholine rings is 1. The minimum absolute atomic E-state index is 0.0554. The number of nitrogens with one attached hydrogen (secondary N) is 1. The van der Waals surface area contributed by atoms with E-state index in [1.807, 2.05) is 50.2 Å². The summed E-state index contributed by atoms with van der Waals surface area (Å²) in [6.07, 6.45) is 0. The molecular formula is C25H29ClN4O3. The quantitative estimate of drug-likeness (QED) is 0.568. The maximum atomic E-state index is 12.9. The Kier molecular flexibility index (Phi) is 7.33. The van der Waals surface area contributed by atoms with Crippen LogP contribution in [0.5, 0.6) is 5.75 Å². The molecule has 0 radical (unpaired) electrons. The van der Waals surface area contributed by atoms with Gasteiger partial charge in [-0.3, -0.25) is 9.69 Å². The average Bonchev–Trinajstić information content (AvgIpc) is 3.12. The molecule has 1 aliphatic rings. The van der Waals surface area contributed by atoms with Crippen molar-refractivity contribution < 1.29 is 14.3 Å². The number of carbonyl (C=O) groups is 1. The predicted octanol–water partition coefficient (Wildman–Crippen LogP) is 3.95. The summed E-state index contributed by atoms with van der Waals surface area (Å²) >= 11 is 6.27. The maximum absolute atomic E-state index is 12.9. The first kappa shape index (κ1) is 23.3. The molecule has 7 nitrogen and oxygen atoms in total. The summed E-state index contributed by atoms with van der Waals surface area (Å²) in [5.41, 5.74) is 4.25.